The van der Waals surface area contributed by atoms with Crippen LogP contribution in [0.2, 0.25) is 0 Å². The first-order valence-electron chi connectivity index (χ1n) is 8.72. The van der Waals surface area contributed by atoms with Gasteiger partial charge in [-0.2, -0.15) is 0 Å². The van der Waals surface area contributed by atoms with Gasteiger partial charge in [0.1, 0.15) is 0 Å². The van der Waals surface area contributed by atoms with E-state index in [9.17, 15) is 0 Å². The van der Waals surface area contributed by atoms with Gasteiger partial charge >= 0.3 is 0 Å². The molecule has 0 fully saturated rings. The highest BCUT2D eigenvalue weighted by Crippen LogP contribution is 2.26. The first kappa shape index (κ1) is 19.6. The average Bonchev–Trinajstić information content (AvgIpc) is 2.63. The molecule has 0 aliphatic heterocycles. The lowest BCUT2D eigenvalue weighted by molar-refractivity contribution is 0.00444. The Morgan fingerprint density at radius 1 is 0.760 bits per heavy atom. The van der Waals surface area contributed by atoms with Crippen LogP contribution in [-0.2, 0) is 20.8 Å². The molecular weight excluding hydrogens is 316 g/mol. The molecule has 0 amide bonds. The molecule has 136 valence electrons. The summed E-state index contributed by atoms with van der Waals surface area (Å²) < 4.78 is 16.3. The summed E-state index contributed by atoms with van der Waals surface area (Å²) in [4.78, 5) is 0. The van der Waals surface area contributed by atoms with Gasteiger partial charge in [0.15, 0.2) is 0 Å². The van der Waals surface area contributed by atoms with Gasteiger partial charge in [0.05, 0.1) is 46.2 Å². The first-order valence-corrected chi connectivity index (χ1v) is 8.72. The van der Waals surface area contributed by atoms with Crippen LogP contribution >= 0.6 is 0 Å². The Morgan fingerprint density at radius 3 is 2.08 bits per heavy atom. The number of aliphatic hydroxyl groups is 1. The topological polar surface area (TPSA) is 47.9 Å². The molecule has 2 rings (SSSR count). The minimum Gasteiger partial charge on any atom is -0.394 e. The number of hydrogen-bond donors (Lipinski definition) is 1. The Kier molecular flexibility index (Phi) is 8.63. The lowest BCUT2D eigenvalue weighted by atomic mass is 9.95. The van der Waals surface area contributed by atoms with Crippen LogP contribution in [0, 0.1) is 13.8 Å². The molecule has 0 spiro atoms. The molecule has 2 aromatic rings. The summed E-state index contributed by atoms with van der Waals surface area (Å²) in [6.07, 6.45) is 0. The van der Waals surface area contributed by atoms with Crippen LogP contribution in [0.15, 0.2) is 42.5 Å². The SMILES string of the molecule is Cc1cc(-c2ccccc2)c(C)cc1COCCOCCOCCO. The number of aryl methyl sites for hydroxylation is 2. The summed E-state index contributed by atoms with van der Waals surface area (Å²) >= 11 is 0. The van der Waals surface area contributed by atoms with Crippen molar-refractivity contribution in [2.24, 2.45) is 0 Å². The van der Waals surface area contributed by atoms with Gasteiger partial charge in [-0.1, -0.05) is 42.5 Å². The standard InChI is InChI=1S/C21H28O4/c1-17-15-21(19-6-4-3-5-7-19)18(2)14-20(17)16-25-13-12-24-11-10-23-9-8-22/h3-7,14-15,22H,8-13,16H2,1-2H3. The number of rotatable bonds is 11. The number of ether oxygens (including phenoxy) is 3. The molecule has 0 saturated carbocycles. The van der Waals surface area contributed by atoms with Crippen LogP contribution in [0.3, 0.4) is 0 Å². The molecule has 1 N–H and O–H groups in total. The summed E-state index contributed by atoms with van der Waals surface area (Å²) in [7, 11) is 0. The fraction of sp³-hybridized carbons (Fsp3) is 0.429. The largest absolute Gasteiger partial charge is 0.394 e. The molecule has 0 heterocycles. The zero-order chi connectivity index (χ0) is 17.9. The maximum atomic E-state index is 8.59. The van der Waals surface area contributed by atoms with Crippen LogP contribution in [0.4, 0.5) is 0 Å². The highest BCUT2D eigenvalue weighted by molar-refractivity contribution is 5.68. The average molecular weight is 344 g/mol. The van der Waals surface area contributed by atoms with Crippen LogP contribution in [0.5, 0.6) is 0 Å². The van der Waals surface area contributed by atoms with E-state index in [1.54, 1.807) is 0 Å². The summed E-state index contributed by atoms with van der Waals surface area (Å²) in [6, 6.07) is 14.9. The fourth-order valence-electron chi connectivity index (χ4n) is 2.65. The van der Waals surface area contributed by atoms with Gasteiger partial charge in [0.2, 0.25) is 0 Å². The van der Waals surface area contributed by atoms with E-state index < -0.39 is 0 Å². The lowest BCUT2D eigenvalue weighted by Gasteiger charge is -2.13. The van der Waals surface area contributed by atoms with E-state index in [0.717, 1.165) is 0 Å². The Labute approximate surface area is 150 Å². The quantitative estimate of drug-likeness (QED) is 0.634. The molecule has 4 heteroatoms. The Balaban J connectivity index is 1.77. The van der Waals surface area contributed by atoms with Crippen LogP contribution in [-0.4, -0.2) is 44.7 Å². The molecule has 0 saturated heterocycles. The van der Waals surface area contributed by atoms with Crippen molar-refractivity contribution in [3.63, 3.8) is 0 Å². The third-order valence-electron chi connectivity index (χ3n) is 4.00. The smallest absolute Gasteiger partial charge is 0.0720 e. The molecule has 25 heavy (non-hydrogen) atoms. The van der Waals surface area contributed by atoms with Crippen molar-refractivity contribution in [3.05, 3.63) is 59.2 Å². The highest BCUT2D eigenvalue weighted by Gasteiger charge is 2.06. The second-order valence-electron chi connectivity index (χ2n) is 5.96. The van der Waals surface area contributed by atoms with Crippen LogP contribution in [0.1, 0.15) is 16.7 Å². The molecular formula is C21H28O4. The molecule has 0 aromatic heterocycles. The Hall–Kier alpha value is -1.72. The van der Waals surface area contributed by atoms with Crippen molar-refractivity contribution >= 4 is 0 Å². The van der Waals surface area contributed by atoms with Gasteiger partial charge in [0, 0.05) is 0 Å². The Bertz CT molecular complexity index is 625. The van der Waals surface area contributed by atoms with Gasteiger partial charge < -0.3 is 19.3 Å². The third-order valence-corrected chi connectivity index (χ3v) is 4.00. The van der Waals surface area contributed by atoms with Crippen LogP contribution < -0.4 is 0 Å². The van der Waals surface area contributed by atoms with E-state index >= 15 is 0 Å². The molecule has 0 bridgehead atoms. The molecule has 4 nitrogen and oxygen atoms in total. The number of benzene rings is 2. The predicted molar refractivity (Wildman–Crippen MR) is 99.7 cm³/mol. The summed E-state index contributed by atoms with van der Waals surface area (Å²) in [6.45, 7) is 7.38. The minimum atomic E-state index is 0.0466. The first-order chi connectivity index (χ1) is 12.2. The van der Waals surface area contributed by atoms with E-state index in [0.29, 0.717) is 39.6 Å². The molecule has 0 aliphatic carbocycles. The molecule has 0 radical (unpaired) electrons. The number of hydrogen-bond acceptors (Lipinski definition) is 4. The zero-order valence-electron chi connectivity index (χ0n) is 15.2. The minimum absolute atomic E-state index is 0.0466. The van der Waals surface area contributed by atoms with Gasteiger partial charge in [-0.25, -0.2) is 0 Å². The molecule has 0 aliphatic rings. The third kappa shape index (κ3) is 6.59. The predicted octanol–water partition coefficient (Wildman–Crippen LogP) is 3.51. The normalized spacial score (nSPS) is 11.0. The van der Waals surface area contributed by atoms with Gasteiger partial charge in [-0.3, -0.25) is 0 Å². The molecule has 2 aromatic carbocycles. The maximum Gasteiger partial charge on any atom is 0.0720 e. The van der Waals surface area contributed by atoms with Crippen molar-refractivity contribution in [3.8, 4) is 11.1 Å². The summed E-state index contributed by atoms with van der Waals surface area (Å²) in [5.74, 6) is 0. The molecule has 0 atom stereocenters. The van der Waals surface area contributed by atoms with Gasteiger partial charge in [-0.05, 0) is 41.7 Å². The Morgan fingerprint density at radius 2 is 1.40 bits per heavy atom. The van der Waals surface area contributed by atoms with Crippen molar-refractivity contribution in [1.29, 1.82) is 0 Å². The van der Waals surface area contributed by atoms with Crippen molar-refractivity contribution < 1.29 is 19.3 Å². The van der Waals surface area contributed by atoms with E-state index in [1.165, 1.54) is 27.8 Å². The second kappa shape index (κ2) is 11.0. The monoisotopic (exact) mass is 344 g/mol. The number of aliphatic hydroxyl groups excluding tert-OH is 1. The summed E-state index contributed by atoms with van der Waals surface area (Å²) in [5.41, 5.74) is 6.22. The zero-order valence-corrected chi connectivity index (χ0v) is 15.2. The van der Waals surface area contributed by atoms with Gasteiger partial charge in [-0.15, -0.1) is 0 Å². The fourth-order valence-corrected chi connectivity index (χ4v) is 2.65. The summed E-state index contributed by atoms with van der Waals surface area (Å²) in [5, 5.41) is 8.59. The second-order valence-corrected chi connectivity index (χ2v) is 5.96. The van der Waals surface area contributed by atoms with E-state index in [-0.39, 0.29) is 6.61 Å². The van der Waals surface area contributed by atoms with Gasteiger partial charge in [0.25, 0.3) is 0 Å². The van der Waals surface area contributed by atoms with Crippen molar-refractivity contribution in [1.82, 2.24) is 0 Å². The van der Waals surface area contributed by atoms with E-state index in [2.05, 4.69) is 50.2 Å². The molecule has 0 unspecified atom stereocenters. The maximum absolute atomic E-state index is 8.59. The van der Waals surface area contributed by atoms with E-state index in [1.807, 2.05) is 6.07 Å². The van der Waals surface area contributed by atoms with Crippen LogP contribution in [0.25, 0.3) is 11.1 Å². The highest BCUT2D eigenvalue weighted by atomic mass is 16.5. The van der Waals surface area contributed by atoms with E-state index in [4.69, 9.17) is 19.3 Å². The van der Waals surface area contributed by atoms with Crippen molar-refractivity contribution in [2.75, 3.05) is 39.6 Å². The lowest BCUT2D eigenvalue weighted by Crippen LogP contribution is -2.11. The van der Waals surface area contributed by atoms with Crippen molar-refractivity contribution in [2.45, 2.75) is 20.5 Å².